The second kappa shape index (κ2) is 15.1. The number of pyridine rings is 1. The highest BCUT2D eigenvalue weighted by molar-refractivity contribution is 5.83. The first-order chi connectivity index (χ1) is 22.3. The number of hydrogen-bond donors (Lipinski definition) is 4. The maximum Gasteiger partial charge on any atom is 0.406 e. The number of benzene rings is 1. The average molecular weight is 653 g/mol. The van der Waals surface area contributed by atoms with Crippen LogP contribution in [0, 0.1) is 11.8 Å². The van der Waals surface area contributed by atoms with E-state index in [1.807, 2.05) is 38.1 Å². The predicted molar refractivity (Wildman–Crippen MR) is 180 cm³/mol. The van der Waals surface area contributed by atoms with Gasteiger partial charge in [0, 0.05) is 42.6 Å². The summed E-state index contributed by atoms with van der Waals surface area (Å²) in [6.45, 7) is 7.67. The fourth-order valence-corrected chi connectivity index (χ4v) is 6.23. The molecule has 9 nitrogen and oxygen atoms in total. The first-order valence-electron chi connectivity index (χ1n) is 16.4. The molecule has 2 aromatic heterocycles. The number of amides is 1. The molecule has 2 aliphatic rings. The van der Waals surface area contributed by atoms with Crippen LogP contribution in [0.4, 0.5) is 18.9 Å². The summed E-state index contributed by atoms with van der Waals surface area (Å²) in [5.41, 5.74) is 8.85. The Morgan fingerprint density at radius 1 is 1.02 bits per heavy atom. The molecule has 4 heterocycles. The van der Waals surface area contributed by atoms with E-state index in [2.05, 4.69) is 49.6 Å². The number of carbonyl (C=O) groups excluding carboxylic acids is 1. The van der Waals surface area contributed by atoms with Gasteiger partial charge in [-0.05, 0) is 101 Å². The zero-order valence-corrected chi connectivity index (χ0v) is 27.6. The van der Waals surface area contributed by atoms with Crippen molar-refractivity contribution < 1.29 is 18.0 Å². The van der Waals surface area contributed by atoms with Crippen molar-refractivity contribution in [3.63, 3.8) is 0 Å². The van der Waals surface area contributed by atoms with E-state index < -0.39 is 18.3 Å². The Hall–Kier alpha value is -3.63. The summed E-state index contributed by atoms with van der Waals surface area (Å²) in [5, 5.41) is 10.7. The monoisotopic (exact) mass is 652 g/mol. The number of piperidine rings is 2. The van der Waals surface area contributed by atoms with Gasteiger partial charge in [0.1, 0.15) is 6.54 Å². The van der Waals surface area contributed by atoms with Crippen molar-refractivity contribution >= 4 is 22.5 Å². The van der Waals surface area contributed by atoms with Crippen molar-refractivity contribution in [2.45, 2.75) is 76.4 Å². The summed E-state index contributed by atoms with van der Waals surface area (Å²) < 4.78 is 41.9. The minimum absolute atomic E-state index is 0.108. The molecule has 2 aliphatic heterocycles. The molecular formula is C35H47F3N8O. The Morgan fingerprint density at radius 3 is 2.40 bits per heavy atom. The number of alkyl halides is 3. The fraction of sp³-hybridized carbons (Fsp3) is 0.543. The van der Waals surface area contributed by atoms with Crippen molar-refractivity contribution in [2.24, 2.45) is 5.73 Å². The largest absolute Gasteiger partial charge is 0.406 e. The molecule has 0 aliphatic carbocycles. The van der Waals surface area contributed by atoms with Crippen molar-refractivity contribution in [3.8, 4) is 11.8 Å². The van der Waals surface area contributed by atoms with Crippen molar-refractivity contribution in [1.82, 2.24) is 30.0 Å². The molecule has 1 aromatic carbocycles. The highest BCUT2D eigenvalue weighted by Gasteiger charge is 2.30. The summed E-state index contributed by atoms with van der Waals surface area (Å²) in [6.07, 6.45) is 1.16. The van der Waals surface area contributed by atoms with Crippen LogP contribution in [0.3, 0.4) is 0 Å². The highest BCUT2D eigenvalue weighted by Crippen LogP contribution is 2.27. The van der Waals surface area contributed by atoms with Gasteiger partial charge in [0.05, 0.1) is 41.9 Å². The first-order valence-corrected chi connectivity index (χ1v) is 16.4. The topological polar surface area (TPSA) is 103 Å². The van der Waals surface area contributed by atoms with Crippen LogP contribution in [-0.4, -0.2) is 89.8 Å². The third-order valence-electron chi connectivity index (χ3n) is 8.96. The number of hydrogen-bond acceptors (Lipinski definition) is 7. The van der Waals surface area contributed by atoms with Crippen LogP contribution in [0.15, 0.2) is 42.6 Å². The van der Waals surface area contributed by atoms with Gasteiger partial charge in [0.15, 0.2) is 0 Å². The molecule has 2 fully saturated rings. The Kier molecular flexibility index (Phi) is 11.1. The number of anilines is 1. The van der Waals surface area contributed by atoms with Crippen LogP contribution in [0.5, 0.6) is 0 Å². The number of carbonyl (C=O) groups is 1. The second-order valence-corrected chi connectivity index (χ2v) is 13.5. The van der Waals surface area contributed by atoms with Crippen LogP contribution < -0.4 is 21.7 Å². The molecule has 3 aromatic rings. The average Bonchev–Trinajstić information content (AvgIpc) is 3.34. The molecule has 5 N–H and O–H groups in total. The molecule has 0 atom stereocenters. The van der Waals surface area contributed by atoms with Crippen LogP contribution >= 0.6 is 0 Å². The SMILES string of the molecule is CN1CCC(NC(=O)CN2CCC(NCc3ccc4c(c3)cc(C#CCNc3ccc(C(C)(C)N)nc3)n4CC(F)(F)F)CC2)CC1. The first kappa shape index (κ1) is 34.7. The van der Waals surface area contributed by atoms with E-state index in [1.165, 1.54) is 4.57 Å². The van der Waals surface area contributed by atoms with Gasteiger partial charge >= 0.3 is 6.18 Å². The fourth-order valence-electron chi connectivity index (χ4n) is 6.23. The Bertz CT molecular complexity index is 1550. The molecule has 0 unspecified atom stereocenters. The van der Waals surface area contributed by atoms with Crippen LogP contribution in [0.1, 0.15) is 56.5 Å². The minimum atomic E-state index is -4.38. The molecule has 1 amide bonds. The maximum atomic E-state index is 13.5. The number of nitrogens with one attached hydrogen (secondary N) is 3. The molecule has 5 rings (SSSR count). The predicted octanol–water partition coefficient (Wildman–Crippen LogP) is 4.02. The number of nitrogens with two attached hydrogens (primary N) is 1. The number of nitrogens with zero attached hydrogens (tertiary/aromatic N) is 4. The molecule has 0 spiro atoms. The number of likely N-dealkylation sites (tertiary alicyclic amines) is 2. The minimum Gasteiger partial charge on any atom is -0.373 e. The molecular weight excluding hydrogens is 605 g/mol. The Labute approximate surface area is 275 Å². The van der Waals surface area contributed by atoms with Gasteiger partial charge in [0.2, 0.25) is 5.91 Å². The van der Waals surface area contributed by atoms with E-state index in [1.54, 1.807) is 18.3 Å². The second-order valence-electron chi connectivity index (χ2n) is 13.5. The van der Waals surface area contributed by atoms with Gasteiger partial charge in [-0.2, -0.15) is 13.2 Å². The van der Waals surface area contributed by atoms with Crippen molar-refractivity contribution in [1.29, 1.82) is 0 Å². The number of aromatic nitrogens is 2. The number of rotatable bonds is 10. The van der Waals surface area contributed by atoms with Gasteiger partial charge in [-0.3, -0.25) is 14.7 Å². The standard InChI is InChI=1S/C35H47F3N8O/c1-34(2,39)32-9-7-29(22-42-32)40-14-4-5-30-20-26-19-25(6-8-31(26)46(30)24-35(36,37)38)21-41-27-12-17-45(18-13-27)23-33(47)43-28-10-15-44(3)16-11-28/h6-9,19-20,22,27-28,40-41H,10-18,21,23-24,39H2,1-3H3,(H,43,47). The lowest BCUT2D eigenvalue weighted by molar-refractivity contribution is -0.140. The summed E-state index contributed by atoms with van der Waals surface area (Å²) in [7, 11) is 2.11. The van der Waals surface area contributed by atoms with Gasteiger partial charge in [0.25, 0.3) is 0 Å². The van der Waals surface area contributed by atoms with Crippen molar-refractivity contribution in [2.75, 3.05) is 51.6 Å². The molecule has 2 saturated heterocycles. The van der Waals surface area contributed by atoms with E-state index in [-0.39, 0.29) is 18.5 Å². The summed E-state index contributed by atoms with van der Waals surface area (Å²) in [4.78, 5) is 21.4. The van der Waals surface area contributed by atoms with Gasteiger partial charge < -0.3 is 31.2 Å². The molecule has 0 radical (unpaired) electrons. The van der Waals surface area contributed by atoms with Crippen LogP contribution in [0.2, 0.25) is 0 Å². The Balaban J connectivity index is 1.14. The lowest BCUT2D eigenvalue weighted by Crippen LogP contribution is -2.49. The van der Waals surface area contributed by atoms with E-state index in [0.29, 0.717) is 30.3 Å². The summed E-state index contributed by atoms with van der Waals surface area (Å²) in [6, 6.07) is 11.6. The maximum absolute atomic E-state index is 13.5. The molecule has 254 valence electrons. The van der Waals surface area contributed by atoms with Crippen LogP contribution in [0.25, 0.3) is 10.9 Å². The lowest BCUT2D eigenvalue weighted by Gasteiger charge is -2.33. The molecule has 0 bridgehead atoms. The van der Waals surface area contributed by atoms with Crippen LogP contribution in [-0.2, 0) is 23.4 Å². The zero-order valence-electron chi connectivity index (χ0n) is 27.6. The quantitative estimate of drug-likeness (QED) is 0.246. The highest BCUT2D eigenvalue weighted by atomic mass is 19.4. The molecule has 12 heteroatoms. The zero-order chi connectivity index (χ0) is 33.6. The number of fused-ring (bicyclic) bond motifs is 1. The van der Waals surface area contributed by atoms with E-state index in [0.717, 1.165) is 74.2 Å². The summed E-state index contributed by atoms with van der Waals surface area (Å²) in [5.74, 6) is 6.00. The van der Waals surface area contributed by atoms with Gasteiger partial charge in [-0.15, -0.1) is 0 Å². The van der Waals surface area contributed by atoms with Gasteiger partial charge in [-0.25, -0.2) is 0 Å². The van der Waals surface area contributed by atoms with Gasteiger partial charge in [-0.1, -0.05) is 12.0 Å². The third-order valence-corrected chi connectivity index (χ3v) is 8.96. The molecule has 47 heavy (non-hydrogen) atoms. The smallest absolute Gasteiger partial charge is 0.373 e. The van der Waals surface area contributed by atoms with E-state index in [9.17, 15) is 18.0 Å². The number of halogens is 3. The lowest BCUT2D eigenvalue weighted by atomic mass is 10.0. The van der Waals surface area contributed by atoms with E-state index >= 15 is 0 Å². The normalized spacial score (nSPS) is 17.4. The van der Waals surface area contributed by atoms with Crippen molar-refractivity contribution in [3.05, 3.63) is 59.5 Å². The molecule has 0 saturated carbocycles. The summed E-state index contributed by atoms with van der Waals surface area (Å²) >= 11 is 0. The van der Waals surface area contributed by atoms with E-state index in [4.69, 9.17) is 5.73 Å². The third kappa shape index (κ3) is 10.2. The Morgan fingerprint density at radius 2 is 1.74 bits per heavy atom.